The summed E-state index contributed by atoms with van der Waals surface area (Å²) in [7, 11) is 1.95. The minimum absolute atomic E-state index is 0.0336. The molecule has 3 aromatic rings. The van der Waals surface area contributed by atoms with E-state index in [-0.39, 0.29) is 11.5 Å². The number of aromatic nitrogens is 2. The first-order chi connectivity index (χ1) is 13.4. The van der Waals surface area contributed by atoms with Crippen molar-refractivity contribution in [1.29, 1.82) is 0 Å². The molecule has 0 unspecified atom stereocenters. The molecule has 0 saturated carbocycles. The number of benzene rings is 2. The number of allylic oxidation sites excluding steroid dienone is 2. The van der Waals surface area contributed by atoms with Gasteiger partial charge in [-0.3, -0.25) is 9.48 Å². The smallest absolute Gasteiger partial charge is 0.178 e. The lowest BCUT2D eigenvalue weighted by Crippen LogP contribution is -2.22. The van der Waals surface area contributed by atoms with Crippen LogP contribution in [0.5, 0.6) is 5.75 Å². The Balaban J connectivity index is 2.31. The van der Waals surface area contributed by atoms with Crippen LogP contribution in [0.2, 0.25) is 0 Å². The molecule has 6 heteroatoms. The third-order valence-electron chi connectivity index (χ3n) is 4.42. The molecule has 0 spiro atoms. The van der Waals surface area contributed by atoms with Crippen LogP contribution in [0.25, 0.3) is 5.69 Å². The zero-order valence-corrected chi connectivity index (χ0v) is 16.5. The highest BCUT2D eigenvalue weighted by Crippen LogP contribution is 2.25. The topological polar surface area (TPSA) is 71.5 Å². The highest BCUT2D eigenvalue weighted by atomic mass is 16.3. The largest absolute Gasteiger partial charge is 0.506 e. The third-order valence-corrected chi connectivity index (χ3v) is 4.42. The normalized spacial score (nSPS) is 12.3. The van der Waals surface area contributed by atoms with E-state index < -0.39 is 0 Å². The number of hydrogen-bond donors (Lipinski definition) is 2. The average molecular weight is 376 g/mol. The number of nitrogens with zero attached hydrogens (tertiary/aromatic N) is 3. The fourth-order valence-corrected chi connectivity index (χ4v) is 3.05. The van der Waals surface area contributed by atoms with Crippen molar-refractivity contribution in [3.8, 4) is 11.4 Å². The van der Waals surface area contributed by atoms with Crippen molar-refractivity contribution in [3.05, 3.63) is 77.6 Å². The summed E-state index contributed by atoms with van der Waals surface area (Å²) >= 11 is 0. The van der Waals surface area contributed by atoms with Crippen LogP contribution in [0.4, 0.5) is 11.4 Å². The van der Waals surface area contributed by atoms with Gasteiger partial charge in [0.2, 0.25) is 0 Å². The van der Waals surface area contributed by atoms with Crippen molar-refractivity contribution < 1.29 is 9.90 Å². The van der Waals surface area contributed by atoms with Crippen LogP contribution < -0.4 is 10.8 Å². The number of rotatable bonds is 5. The monoisotopic (exact) mass is 376 g/mol. The minimum Gasteiger partial charge on any atom is -0.506 e. The number of ketones is 1. The second kappa shape index (κ2) is 8.00. The van der Waals surface area contributed by atoms with Crippen LogP contribution in [0.3, 0.4) is 0 Å². The van der Waals surface area contributed by atoms with E-state index in [2.05, 4.69) is 5.32 Å². The number of carbonyl (C=O) groups is 1. The molecule has 1 aromatic heterocycles. The van der Waals surface area contributed by atoms with Crippen molar-refractivity contribution in [2.75, 3.05) is 5.32 Å². The molecule has 2 N–H and O–H groups in total. The summed E-state index contributed by atoms with van der Waals surface area (Å²) in [6.07, 6.45) is 1.54. The van der Waals surface area contributed by atoms with Gasteiger partial charge in [0, 0.05) is 12.7 Å². The predicted octanol–water partition coefficient (Wildman–Crippen LogP) is 3.97. The van der Waals surface area contributed by atoms with Gasteiger partial charge >= 0.3 is 0 Å². The Kier molecular flexibility index (Phi) is 5.49. The van der Waals surface area contributed by atoms with E-state index in [9.17, 15) is 9.90 Å². The lowest BCUT2D eigenvalue weighted by molar-refractivity contribution is -0.112. The van der Waals surface area contributed by atoms with E-state index in [0.29, 0.717) is 11.2 Å². The van der Waals surface area contributed by atoms with Crippen LogP contribution in [0.15, 0.2) is 71.4 Å². The van der Waals surface area contributed by atoms with Gasteiger partial charge in [0.1, 0.15) is 17.1 Å². The number of nitrogens with one attached hydrogen (secondary N) is 1. The van der Waals surface area contributed by atoms with E-state index in [1.54, 1.807) is 24.3 Å². The first-order valence-corrected chi connectivity index (χ1v) is 9.01. The van der Waals surface area contributed by atoms with Gasteiger partial charge in [-0.15, -0.1) is 0 Å². The molecule has 3 rings (SSSR count). The van der Waals surface area contributed by atoms with E-state index in [4.69, 9.17) is 4.99 Å². The Hall–Kier alpha value is -3.54. The number of para-hydroxylation sites is 3. The molecule has 0 amide bonds. The van der Waals surface area contributed by atoms with Crippen LogP contribution in [-0.2, 0) is 11.8 Å². The molecule has 0 aliphatic rings. The molecule has 1 heterocycles. The van der Waals surface area contributed by atoms with Gasteiger partial charge in [-0.1, -0.05) is 30.3 Å². The van der Waals surface area contributed by atoms with E-state index >= 15 is 0 Å². The van der Waals surface area contributed by atoms with Crippen molar-refractivity contribution in [2.24, 2.45) is 12.0 Å². The average Bonchev–Trinajstić information content (AvgIpc) is 2.88. The van der Waals surface area contributed by atoms with Gasteiger partial charge in [0.25, 0.3) is 0 Å². The minimum atomic E-state index is -0.0336. The molecule has 0 aliphatic carbocycles. The molecule has 0 fully saturated rings. The molecule has 0 atom stereocenters. The van der Waals surface area contributed by atoms with Gasteiger partial charge in [-0.2, -0.15) is 0 Å². The molecular weight excluding hydrogens is 352 g/mol. The van der Waals surface area contributed by atoms with Gasteiger partial charge in [0.05, 0.1) is 11.4 Å². The number of hydrogen-bond acceptors (Lipinski definition) is 4. The number of carbonyl (C=O) groups excluding carboxylic acids is 1. The predicted molar refractivity (Wildman–Crippen MR) is 111 cm³/mol. The maximum atomic E-state index is 11.5. The number of anilines is 1. The second-order valence-corrected chi connectivity index (χ2v) is 6.62. The van der Waals surface area contributed by atoms with Crippen LogP contribution >= 0.6 is 0 Å². The Labute approximate surface area is 164 Å². The lowest BCUT2D eigenvalue weighted by atomic mass is 10.3. The van der Waals surface area contributed by atoms with Crippen molar-refractivity contribution in [1.82, 2.24) is 9.36 Å². The number of phenolic OH excluding ortho intramolecular Hbond substituents is 1. The number of aromatic hydroxyl groups is 1. The summed E-state index contributed by atoms with van der Waals surface area (Å²) < 4.78 is 3.95. The summed E-state index contributed by atoms with van der Waals surface area (Å²) in [6.45, 7) is 5.33. The summed E-state index contributed by atoms with van der Waals surface area (Å²) in [4.78, 5) is 16.2. The summed E-state index contributed by atoms with van der Waals surface area (Å²) in [5, 5.41) is 13.5. The van der Waals surface area contributed by atoms with Crippen LogP contribution in [0.1, 0.15) is 19.5 Å². The van der Waals surface area contributed by atoms with Crippen LogP contribution in [0, 0.1) is 6.92 Å². The zero-order chi connectivity index (χ0) is 20.3. The highest BCUT2D eigenvalue weighted by molar-refractivity contribution is 5.88. The molecule has 6 nitrogen and oxygen atoms in total. The van der Waals surface area contributed by atoms with Gasteiger partial charge in [-0.05, 0) is 51.1 Å². The van der Waals surface area contributed by atoms with E-state index in [1.807, 2.05) is 66.7 Å². The first-order valence-electron chi connectivity index (χ1n) is 9.01. The Morgan fingerprint density at radius 2 is 1.71 bits per heavy atom. The quantitative estimate of drug-likeness (QED) is 0.662. The van der Waals surface area contributed by atoms with Gasteiger partial charge in [0.15, 0.2) is 11.3 Å². The Bertz CT molecular complexity index is 1110. The van der Waals surface area contributed by atoms with Crippen molar-refractivity contribution in [2.45, 2.75) is 20.8 Å². The number of phenols is 1. The second-order valence-electron chi connectivity index (χ2n) is 6.62. The molecule has 0 radical (unpaired) electrons. The van der Waals surface area contributed by atoms with E-state index in [1.165, 1.54) is 6.92 Å². The molecule has 0 saturated heterocycles. The fraction of sp³-hybridized carbons (Fsp3) is 0.182. The van der Waals surface area contributed by atoms with E-state index in [0.717, 1.165) is 22.8 Å². The molecule has 0 bridgehead atoms. The summed E-state index contributed by atoms with van der Waals surface area (Å²) in [5.41, 5.74) is 4.45. The first kappa shape index (κ1) is 19.2. The SMILES string of the molecule is CC(=O)C=C(C)Nc1c(C)n(C)n(-c2ccccc2)c1=Nc1ccccc1O. The van der Waals surface area contributed by atoms with Gasteiger partial charge in [-0.25, -0.2) is 9.67 Å². The Morgan fingerprint density at radius 3 is 2.36 bits per heavy atom. The lowest BCUT2D eigenvalue weighted by Gasteiger charge is -2.09. The maximum absolute atomic E-state index is 11.5. The molecule has 144 valence electrons. The van der Waals surface area contributed by atoms with Crippen molar-refractivity contribution >= 4 is 17.2 Å². The highest BCUT2D eigenvalue weighted by Gasteiger charge is 2.15. The zero-order valence-electron chi connectivity index (χ0n) is 16.5. The molecule has 28 heavy (non-hydrogen) atoms. The molecule has 2 aromatic carbocycles. The maximum Gasteiger partial charge on any atom is 0.178 e. The fourth-order valence-electron chi connectivity index (χ4n) is 3.05. The van der Waals surface area contributed by atoms with Crippen LogP contribution in [-0.4, -0.2) is 20.3 Å². The molecular formula is C22H24N4O2. The molecule has 0 aliphatic heterocycles. The van der Waals surface area contributed by atoms with Gasteiger partial charge < -0.3 is 10.4 Å². The standard InChI is InChI=1S/C22H24N4O2/c1-15(14-16(2)27)23-21-17(3)25(4)26(18-10-6-5-7-11-18)22(21)24-19-12-8-9-13-20(19)28/h5-14,23,28H,1-4H3. The Morgan fingerprint density at radius 1 is 1.07 bits per heavy atom. The summed E-state index contributed by atoms with van der Waals surface area (Å²) in [6, 6.07) is 16.8. The summed E-state index contributed by atoms with van der Waals surface area (Å²) in [5.74, 6) is 0.0688. The van der Waals surface area contributed by atoms with Crippen molar-refractivity contribution in [3.63, 3.8) is 0 Å². The third kappa shape index (κ3) is 3.91.